The number of anilines is 1. The van der Waals surface area contributed by atoms with Gasteiger partial charge in [0.25, 0.3) is 0 Å². The van der Waals surface area contributed by atoms with E-state index in [1.165, 1.54) is 11.8 Å². The van der Waals surface area contributed by atoms with Crippen LogP contribution in [0.3, 0.4) is 0 Å². The van der Waals surface area contributed by atoms with Gasteiger partial charge in [-0.15, -0.1) is 16.1 Å². The van der Waals surface area contributed by atoms with E-state index in [1.54, 1.807) is 4.57 Å². The minimum Gasteiger partial charge on any atom is -0.368 e. The van der Waals surface area contributed by atoms with Crippen LogP contribution in [-0.4, -0.2) is 20.5 Å². The molecule has 0 aromatic carbocycles. The number of hydrogen-bond acceptors (Lipinski definition) is 4. The predicted molar refractivity (Wildman–Crippen MR) is 49.6 cm³/mol. The molecule has 0 aliphatic carbocycles. The fourth-order valence-electron chi connectivity index (χ4n) is 0.625. The Morgan fingerprint density at radius 1 is 1.58 bits per heavy atom. The van der Waals surface area contributed by atoms with E-state index in [-0.39, 0.29) is 0 Å². The van der Waals surface area contributed by atoms with Crippen molar-refractivity contribution in [3.05, 3.63) is 0 Å². The summed E-state index contributed by atoms with van der Waals surface area (Å²) in [6.07, 6.45) is 0. The van der Waals surface area contributed by atoms with Crippen molar-refractivity contribution in [1.29, 1.82) is 0 Å². The third-order valence-corrected chi connectivity index (χ3v) is 2.22. The van der Waals surface area contributed by atoms with E-state index in [4.69, 9.17) is 5.73 Å². The Hall–Kier alpha value is -1.15. The van der Waals surface area contributed by atoms with Gasteiger partial charge in [0.05, 0.1) is 5.75 Å². The van der Waals surface area contributed by atoms with Gasteiger partial charge in [0, 0.05) is 7.05 Å². The van der Waals surface area contributed by atoms with Gasteiger partial charge < -0.3 is 5.73 Å². The molecular formula is C7H10N4S. The van der Waals surface area contributed by atoms with Gasteiger partial charge in [0.15, 0.2) is 5.16 Å². The average molecular weight is 182 g/mol. The number of hydrogen-bond donors (Lipinski definition) is 1. The Morgan fingerprint density at radius 2 is 2.33 bits per heavy atom. The summed E-state index contributed by atoms with van der Waals surface area (Å²) >= 11 is 1.53. The summed E-state index contributed by atoms with van der Waals surface area (Å²) in [5, 5.41) is 8.39. The van der Waals surface area contributed by atoms with Crippen LogP contribution in [0.2, 0.25) is 0 Å². The molecule has 0 radical (unpaired) electrons. The number of nitrogens with zero attached hydrogens (tertiary/aromatic N) is 3. The second kappa shape index (κ2) is 4.02. The molecule has 1 heterocycles. The van der Waals surface area contributed by atoms with Gasteiger partial charge in [-0.1, -0.05) is 17.7 Å². The Balaban J connectivity index is 2.61. The molecule has 0 aliphatic heterocycles. The van der Waals surface area contributed by atoms with Crippen molar-refractivity contribution in [2.75, 3.05) is 11.5 Å². The van der Waals surface area contributed by atoms with Gasteiger partial charge in [0.2, 0.25) is 5.95 Å². The van der Waals surface area contributed by atoms with E-state index in [2.05, 4.69) is 22.0 Å². The Labute approximate surface area is 75.5 Å². The molecule has 2 N–H and O–H groups in total. The molecule has 4 nitrogen and oxygen atoms in total. The summed E-state index contributed by atoms with van der Waals surface area (Å²) < 4.78 is 1.74. The lowest BCUT2D eigenvalue weighted by atomic mass is 10.7. The molecule has 64 valence electrons. The van der Waals surface area contributed by atoms with E-state index in [1.807, 2.05) is 14.0 Å². The highest BCUT2D eigenvalue weighted by Crippen LogP contribution is 2.14. The molecule has 0 saturated carbocycles. The average Bonchev–Trinajstić information content (AvgIpc) is 2.36. The largest absolute Gasteiger partial charge is 0.368 e. The maximum absolute atomic E-state index is 5.48. The van der Waals surface area contributed by atoms with Crippen LogP contribution in [0, 0.1) is 11.8 Å². The second-order valence-corrected chi connectivity index (χ2v) is 3.06. The van der Waals surface area contributed by atoms with Crippen molar-refractivity contribution in [3.8, 4) is 11.8 Å². The van der Waals surface area contributed by atoms with Crippen LogP contribution in [0.5, 0.6) is 0 Å². The maximum Gasteiger partial charge on any atom is 0.222 e. The first-order valence-electron chi connectivity index (χ1n) is 3.43. The first-order chi connectivity index (χ1) is 5.75. The number of rotatable bonds is 2. The molecule has 0 unspecified atom stereocenters. The summed E-state index contributed by atoms with van der Waals surface area (Å²) in [6, 6.07) is 0. The number of nitrogens with two attached hydrogens (primary N) is 1. The highest BCUT2D eigenvalue weighted by Gasteiger charge is 2.03. The zero-order valence-corrected chi connectivity index (χ0v) is 7.85. The summed E-state index contributed by atoms with van der Waals surface area (Å²) in [5.74, 6) is 6.89. The number of thioether (sulfide) groups is 1. The van der Waals surface area contributed by atoms with Gasteiger partial charge >= 0.3 is 0 Å². The van der Waals surface area contributed by atoms with Gasteiger partial charge in [-0.05, 0) is 6.92 Å². The van der Waals surface area contributed by atoms with Crippen LogP contribution >= 0.6 is 11.8 Å². The molecule has 0 atom stereocenters. The molecule has 0 amide bonds. The topological polar surface area (TPSA) is 56.7 Å². The third-order valence-electron chi connectivity index (χ3n) is 1.32. The lowest BCUT2D eigenvalue weighted by molar-refractivity contribution is 0.797. The minimum absolute atomic E-state index is 0.432. The monoisotopic (exact) mass is 182 g/mol. The molecule has 1 aromatic heterocycles. The van der Waals surface area contributed by atoms with Crippen molar-refractivity contribution in [3.63, 3.8) is 0 Å². The van der Waals surface area contributed by atoms with Gasteiger partial charge in [0.1, 0.15) is 0 Å². The Bertz CT molecular complexity index is 320. The van der Waals surface area contributed by atoms with Crippen LogP contribution < -0.4 is 5.73 Å². The van der Waals surface area contributed by atoms with Gasteiger partial charge in [-0.25, -0.2) is 0 Å². The van der Waals surface area contributed by atoms with Crippen molar-refractivity contribution in [2.45, 2.75) is 12.1 Å². The van der Waals surface area contributed by atoms with Crippen LogP contribution in [0.4, 0.5) is 5.95 Å². The summed E-state index contributed by atoms with van der Waals surface area (Å²) in [7, 11) is 1.83. The number of nitrogen functional groups attached to an aromatic ring is 1. The molecular weight excluding hydrogens is 172 g/mol. The fraction of sp³-hybridized carbons (Fsp3) is 0.429. The normalized spacial score (nSPS) is 9.17. The molecule has 1 aromatic rings. The lowest BCUT2D eigenvalue weighted by Gasteiger charge is -1.96. The highest BCUT2D eigenvalue weighted by atomic mass is 32.2. The van der Waals surface area contributed by atoms with Crippen LogP contribution in [0.15, 0.2) is 5.16 Å². The molecule has 5 heteroatoms. The second-order valence-electron chi connectivity index (χ2n) is 2.12. The smallest absolute Gasteiger partial charge is 0.222 e. The minimum atomic E-state index is 0.432. The zero-order chi connectivity index (χ0) is 8.97. The SMILES string of the molecule is CC#CCSc1nnc(N)n1C. The van der Waals surface area contributed by atoms with Crippen molar-refractivity contribution >= 4 is 17.7 Å². The molecule has 12 heavy (non-hydrogen) atoms. The van der Waals surface area contributed by atoms with Crippen molar-refractivity contribution < 1.29 is 0 Å². The summed E-state index contributed by atoms with van der Waals surface area (Å²) in [4.78, 5) is 0. The third kappa shape index (κ3) is 1.92. The van der Waals surface area contributed by atoms with E-state index < -0.39 is 0 Å². The van der Waals surface area contributed by atoms with Crippen molar-refractivity contribution in [1.82, 2.24) is 14.8 Å². The zero-order valence-electron chi connectivity index (χ0n) is 7.03. The predicted octanol–water partition coefficient (Wildman–Crippen LogP) is 0.513. The van der Waals surface area contributed by atoms with E-state index >= 15 is 0 Å². The summed E-state index contributed by atoms with van der Waals surface area (Å²) in [6.45, 7) is 1.81. The molecule has 0 spiro atoms. The van der Waals surface area contributed by atoms with E-state index in [0.717, 1.165) is 10.9 Å². The number of aromatic nitrogens is 3. The molecule has 0 saturated heterocycles. The molecule has 0 fully saturated rings. The van der Waals surface area contributed by atoms with Crippen LogP contribution in [0.1, 0.15) is 6.92 Å². The maximum atomic E-state index is 5.48. The van der Waals surface area contributed by atoms with E-state index in [0.29, 0.717) is 5.95 Å². The van der Waals surface area contributed by atoms with Crippen LogP contribution in [-0.2, 0) is 7.05 Å². The first kappa shape index (κ1) is 8.94. The van der Waals surface area contributed by atoms with Gasteiger partial charge in [-0.2, -0.15) is 0 Å². The molecule has 0 aliphatic rings. The molecule has 1 rings (SSSR count). The van der Waals surface area contributed by atoms with Gasteiger partial charge in [-0.3, -0.25) is 4.57 Å². The summed E-state index contributed by atoms with van der Waals surface area (Å²) in [5.41, 5.74) is 5.48. The lowest BCUT2D eigenvalue weighted by Crippen LogP contribution is -1.97. The van der Waals surface area contributed by atoms with Crippen LogP contribution in [0.25, 0.3) is 0 Å². The first-order valence-corrected chi connectivity index (χ1v) is 4.41. The Morgan fingerprint density at radius 3 is 2.83 bits per heavy atom. The Kier molecular flexibility index (Phi) is 3.00. The van der Waals surface area contributed by atoms with E-state index in [9.17, 15) is 0 Å². The van der Waals surface area contributed by atoms with Crippen molar-refractivity contribution in [2.24, 2.45) is 7.05 Å². The highest BCUT2D eigenvalue weighted by molar-refractivity contribution is 7.99. The molecule has 0 bridgehead atoms. The quantitative estimate of drug-likeness (QED) is 0.535. The standard InChI is InChI=1S/C7H10N4S/c1-3-4-5-12-7-10-9-6(8)11(7)2/h5H2,1-2H3,(H2,8,9). The fourth-order valence-corrected chi connectivity index (χ4v) is 1.36.